The van der Waals surface area contributed by atoms with E-state index in [9.17, 15) is 4.79 Å². The van der Waals surface area contributed by atoms with E-state index in [0.29, 0.717) is 19.2 Å². The number of hydrogen-bond donors (Lipinski definition) is 2. The Hall–Kier alpha value is -0.0700. The summed E-state index contributed by atoms with van der Waals surface area (Å²) < 4.78 is 5.27. The van der Waals surface area contributed by atoms with Gasteiger partial charge in [0.25, 0.3) is 0 Å². The molecule has 128 valence electrons. The zero-order valence-corrected chi connectivity index (χ0v) is 15.2. The molecule has 2 N–H and O–H groups in total. The molecule has 1 saturated heterocycles. The minimum absolute atomic E-state index is 0. The number of methoxy groups -OCH3 is 1. The molecule has 5 nitrogen and oxygen atoms in total. The predicted molar refractivity (Wildman–Crippen MR) is 91.7 cm³/mol. The van der Waals surface area contributed by atoms with Crippen molar-refractivity contribution in [3.05, 3.63) is 0 Å². The topological polar surface area (TPSA) is 53.6 Å². The van der Waals surface area contributed by atoms with Crippen LogP contribution in [0.3, 0.4) is 0 Å². The number of ether oxygens (including phenoxy) is 1. The van der Waals surface area contributed by atoms with E-state index in [-0.39, 0.29) is 36.1 Å². The normalized spacial score (nSPS) is 17.0. The number of halogens is 2. The maximum Gasteiger partial charge on any atom is 0.228 e. The van der Waals surface area contributed by atoms with E-state index in [2.05, 4.69) is 36.4 Å². The van der Waals surface area contributed by atoms with Crippen molar-refractivity contribution >= 4 is 30.7 Å². The maximum atomic E-state index is 12.4. The summed E-state index contributed by atoms with van der Waals surface area (Å²) in [5.74, 6) is 0.146. The van der Waals surface area contributed by atoms with Crippen molar-refractivity contribution in [1.29, 1.82) is 0 Å². The second kappa shape index (κ2) is 11.5. The molecule has 1 aliphatic rings. The van der Waals surface area contributed by atoms with Crippen LogP contribution in [-0.2, 0) is 9.53 Å². The third-order valence-corrected chi connectivity index (χ3v) is 4.09. The zero-order valence-electron chi connectivity index (χ0n) is 13.6. The van der Waals surface area contributed by atoms with Crippen LogP contribution in [0.5, 0.6) is 0 Å². The molecule has 7 heteroatoms. The Balaban J connectivity index is 0. The highest BCUT2D eigenvalue weighted by Crippen LogP contribution is 2.29. The summed E-state index contributed by atoms with van der Waals surface area (Å²) in [6.45, 7) is 8.19. The fourth-order valence-electron chi connectivity index (χ4n) is 2.41. The number of piperidine rings is 1. The van der Waals surface area contributed by atoms with Crippen LogP contribution in [0.25, 0.3) is 0 Å². The van der Waals surface area contributed by atoms with Crippen molar-refractivity contribution in [2.75, 3.05) is 46.9 Å². The molecule has 0 spiro atoms. The van der Waals surface area contributed by atoms with Crippen LogP contribution < -0.4 is 10.6 Å². The Kier molecular flexibility index (Phi) is 12.7. The summed E-state index contributed by atoms with van der Waals surface area (Å²) in [4.78, 5) is 14.7. The summed E-state index contributed by atoms with van der Waals surface area (Å²) >= 11 is 0. The van der Waals surface area contributed by atoms with Crippen LogP contribution >= 0.6 is 24.8 Å². The highest BCUT2D eigenvalue weighted by Gasteiger charge is 2.39. The lowest BCUT2D eigenvalue weighted by Crippen LogP contribution is -2.51. The van der Waals surface area contributed by atoms with Gasteiger partial charge in [-0.2, -0.15) is 0 Å². The number of rotatable bonds is 7. The smallest absolute Gasteiger partial charge is 0.228 e. The maximum absolute atomic E-state index is 12.4. The Labute approximate surface area is 141 Å². The molecule has 21 heavy (non-hydrogen) atoms. The van der Waals surface area contributed by atoms with E-state index < -0.39 is 0 Å². The number of hydrogen-bond acceptors (Lipinski definition) is 4. The second-order valence-corrected chi connectivity index (χ2v) is 5.79. The zero-order chi connectivity index (χ0) is 14.3. The van der Waals surface area contributed by atoms with Crippen molar-refractivity contribution in [2.45, 2.75) is 32.7 Å². The first-order valence-electron chi connectivity index (χ1n) is 7.20. The molecule has 0 atom stereocenters. The van der Waals surface area contributed by atoms with Gasteiger partial charge in [0, 0.05) is 26.2 Å². The fraction of sp³-hybridized carbons (Fsp3) is 0.929. The summed E-state index contributed by atoms with van der Waals surface area (Å²) in [5.41, 5.74) is -0.337. The highest BCUT2D eigenvalue weighted by atomic mass is 35.5. The van der Waals surface area contributed by atoms with Crippen molar-refractivity contribution < 1.29 is 9.53 Å². The van der Waals surface area contributed by atoms with Crippen LogP contribution in [0.4, 0.5) is 0 Å². The minimum Gasteiger partial charge on any atom is -0.384 e. The number of nitrogens with zero attached hydrogens (tertiary/aromatic N) is 1. The molecule has 0 aromatic rings. The predicted octanol–water partition coefficient (Wildman–Crippen LogP) is 1.30. The largest absolute Gasteiger partial charge is 0.384 e. The van der Waals surface area contributed by atoms with Crippen LogP contribution in [0.2, 0.25) is 0 Å². The first-order chi connectivity index (χ1) is 9.02. The number of likely N-dealkylation sites (N-methyl/N-ethyl adjacent to an activating group) is 1. The van der Waals surface area contributed by atoms with Crippen LogP contribution in [-0.4, -0.2) is 63.8 Å². The first-order valence-corrected chi connectivity index (χ1v) is 7.20. The Bertz CT molecular complexity index is 280. The first kappa shape index (κ1) is 23.2. The molecule has 1 fully saturated rings. The standard InChI is InChI=1S/C14H29N3O2.2ClH/c1-12(2)17(3)10-9-16-13(18)14(11-19-4)5-7-15-8-6-14;;/h12,15H,5-11H2,1-4H3,(H,16,18);2*1H. The third-order valence-electron chi connectivity index (χ3n) is 4.09. The lowest BCUT2D eigenvalue weighted by molar-refractivity contribution is -0.136. The van der Waals surface area contributed by atoms with E-state index >= 15 is 0 Å². The van der Waals surface area contributed by atoms with Gasteiger partial charge in [-0.25, -0.2) is 0 Å². The van der Waals surface area contributed by atoms with Crippen molar-refractivity contribution in [3.63, 3.8) is 0 Å². The Morgan fingerprint density at radius 3 is 2.38 bits per heavy atom. The van der Waals surface area contributed by atoms with Gasteiger partial charge in [-0.05, 0) is 46.8 Å². The van der Waals surface area contributed by atoms with Gasteiger partial charge in [-0.15, -0.1) is 24.8 Å². The molecule has 0 aromatic carbocycles. The van der Waals surface area contributed by atoms with Gasteiger partial charge in [-0.1, -0.05) is 0 Å². The lowest BCUT2D eigenvalue weighted by Gasteiger charge is -2.35. The summed E-state index contributed by atoms with van der Waals surface area (Å²) in [6.07, 6.45) is 1.71. The second-order valence-electron chi connectivity index (χ2n) is 5.79. The molecule has 1 rings (SSSR count). The average Bonchev–Trinajstić information content (AvgIpc) is 2.39. The van der Waals surface area contributed by atoms with Crippen molar-refractivity contribution in [1.82, 2.24) is 15.5 Å². The molecule has 0 aromatic heterocycles. The van der Waals surface area contributed by atoms with Crippen LogP contribution in [0.15, 0.2) is 0 Å². The molecule has 0 saturated carbocycles. The van der Waals surface area contributed by atoms with Crippen LogP contribution in [0, 0.1) is 5.41 Å². The van der Waals surface area contributed by atoms with E-state index in [1.165, 1.54) is 0 Å². The molecule has 0 unspecified atom stereocenters. The summed E-state index contributed by atoms with van der Waals surface area (Å²) in [7, 11) is 3.75. The van der Waals surface area contributed by atoms with Gasteiger partial charge in [0.2, 0.25) is 5.91 Å². The highest BCUT2D eigenvalue weighted by molar-refractivity contribution is 5.85. The van der Waals surface area contributed by atoms with E-state index in [0.717, 1.165) is 32.5 Å². The lowest BCUT2D eigenvalue weighted by atomic mass is 9.78. The number of carbonyl (C=O) groups is 1. The fourth-order valence-corrected chi connectivity index (χ4v) is 2.41. The average molecular weight is 344 g/mol. The summed E-state index contributed by atoms with van der Waals surface area (Å²) in [5, 5.41) is 6.37. The summed E-state index contributed by atoms with van der Waals surface area (Å²) in [6, 6.07) is 0.503. The minimum atomic E-state index is -0.337. The van der Waals surface area contributed by atoms with Gasteiger partial charge in [0.05, 0.1) is 12.0 Å². The molecule has 0 aliphatic carbocycles. The molecule has 0 radical (unpaired) electrons. The van der Waals surface area contributed by atoms with Gasteiger partial charge < -0.3 is 20.3 Å². The molecule has 1 amide bonds. The molecular formula is C14H31Cl2N3O2. The monoisotopic (exact) mass is 343 g/mol. The number of amides is 1. The number of nitrogens with one attached hydrogen (secondary N) is 2. The third kappa shape index (κ3) is 7.15. The SMILES string of the molecule is COCC1(C(=O)NCCN(C)C(C)C)CCNCC1.Cl.Cl. The number of carbonyl (C=O) groups excluding carboxylic acids is 1. The molecular weight excluding hydrogens is 313 g/mol. The van der Waals surface area contributed by atoms with Gasteiger partial charge >= 0.3 is 0 Å². The van der Waals surface area contributed by atoms with Gasteiger partial charge in [0.15, 0.2) is 0 Å². The van der Waals surface area contributed by atoms with E-state index in [1.54, 1.807) is 7.11 Å². The van der Waals surface area contributed by atoms with E-state index in [1.807, 2.05) is 0 Å². The van der Waals surface area contributed by atoms with E-state index in [4.69, 9.17) is 4.74 Å². The Morgan fingerprint density at radius 2 is 1.90 bits per heavy atom. The van der Waals surface area contributed by atoms with Crippen LogP contribution in [0.1, 0.15) is 26.7 Å². The molecule has 0 bridgehead atoms. The quantitative estimate of drug-likeness (QED) is 0.731. The molecule has 1 aliphatic heterocycles. The van der Waals surface area contributed by atoms with Crippen molar-refractivity contribution in [2.24, 2.45) is 5.41 Å². The molecule has 1 heterocycles. The van der Waals surface area contributed by atoms with Crippen molar-refractivity contribution in [3.8, 4) is 0 Å². The Morgan fingerprint density at radius 1 is 1.33 bits per heavy atom. The van der Waals surface area contributed by atoms with Gasteiger partial charge in [-0.3, -0.25) is 4.79 Å². The van der Waals surface area contributed by atoms with Gasteiger partial charge in [0.1, 0.15) is 0 Å².